The van der Waals surface area contributed by atoms with Crippen LogP contribution in [0.25, 0.3) is 21.5 Å². The summed E-state index contributed by atoms with van der Waals surface area (Å²) in [5, 5.41) is 23.4. The fraction of sp³-hybridized carbons (Fsp3) is 0.250. The van der Waals surface area contributed by atoms with Gasteiger partial charge in [-0.15, -0.1) is 0 Å². The maximum absolute atomic E-state index is 10.2. The molecule has 0 spiro atoms. The molecule has 0 bridgehead atoms. The first kappa shape index (κ1) is 20.4. The van der Waals surface area contributed by atoms with Crippen molar-refractivity contribution in [1.29, 1.82) is 5.26 Å². The van der Waals surface area contributed by atoms with Gasteiger partial charge in [-0.25, -0.2) is 9.97 Å². The van der Waals surface area contributed by atoms with E-state index < -0.39 is 0 Å². The predicted molar refractivity (Wildman–Crippen MR) is 124 cm³/mol. The van der Waals surface area contributed by atoms with Crippen LogP contribution in [0.15, 0.2) is 54.9 Å². The Labute approximate surface area is 189 Å². The lowest BCUT2D eigenvalue weighted by Crippen LogP contribution is -2.36. The number of nitrogens with zero attached hydrogens (tertiary/aromatic N) is 4. The molecule has 1 fully saturated rings. The first-order valence-electron chi connectivity index (χ1n) is 10.5. The van der Waals surface area contributed by atoms with Crippen LogP contribution in [-0.4, -0.2) is 32.2 Å². The Morgan fingerprint density at radius 2 is 1.94 bits per heavy atom. The van der Waals surface area contributed by atoms with E-state index in [0.29, 0.717) is 17.2 Å². The largest absolute Gasteiger partial charge is 0.457 e. The summed E-state index contributed by atoms with van der Waals surface area (Å²) in [5.41, 5.74) is 2.80. The SMILES string of the molecule is N#Cc1ccc(-c2cc(Oc3ccc4nc(N[C@@H]5CCCC[C@H]5O)sc4c3)ccn2)cn1. The number of pyridine rings is 2. The molecule has 0 aliphatic heterocycles. The fourth-order valence-electron chi connectivity index (χ4n) is 3.85. The minimum atomic E-state index is -0.318. The summed E-state index contributed by atoms with van der Waals surface area (Å²) in [7, 11) is 0. The smallest absolute Gasteiger partial charge is 0.184 e. The van der Waals surface area contributed by atoms with E-state index in [2.05, 4.69) is 20.3 Å². The highest BCUT2D eigenvalue weighted by Gasteiger charge is 2.23. The second-order valence-corrected chi connectivity index (χ2v) is 8.80. The molecule has 0 radical (unpaired) electrons. The molecule has 1 saturated carbocycles. The molecule has 0 amide bonds. The van der Waals surface area contributed by atoms with E-state index in [4.69, 9.17) is 10.00 Å². The molecule has 4 aromatic rings. The van der Waals surface area contributed by atoms with Crippen molar-refractivity contribution in [3.05, 3.63) is 60.6 Å². The van der Waals surface area contributed by atoms with Gasteiger partial charge in [0.1, 0.15) is 23.3 Å². The van der Waals surface area contributed by atoms with Gasteiger partial charge in [0.2, 0.25) is 0 Å². The zero-order valence-electron chi connectivity index (χ0n) is 17.2. The number of hydrogen-bond acceptors (Lipinski definition) is 8. The van der Waals surface area contributed by atoms with Crippen molar-refractivity contribution >= 4 is 26.7 Å². The quantitative estimate of drug-likeness (QED) is 0.440. The molecule has 1 aromatic carbocycles. The molecule has 0 unspecified atom stereocenters. The molecule has 0 saturated heterocycles. The average molecular weight is 444 g/mol. The van der Waals surface area contributed by atoms with Gasteiger partial charge in [-0.3, -0.25) is 4.98 Å². The number of aromatic nitrogens is 3. The van der Waals surface area contributed by atoms with E-state index in [9.17, 15) is 5.11 Å². The van der Waals surface area contributed by atoms with Gasteiger partial charge in [-0.1, -0.05) is 24.2 Å². The minimum absolute atomic E-state index is 0.0620. The Kier molecular flexibility index (Phi) is 5.67. The van der Waals surface area contributed by atoms with Crippen molar-refractivity contribution < 1.29 is 9.84 Å². The number of nitriles is 1. The molecule has 7 nitrogen and oxygen atoms in total. The van der Waals surface area contributed by atoms with Crippen LogP contribution in [0.4, 0.5) is 5.13 Å². The second-order valence-electron chi connectivity index (χ2n) is 7.77. The van der Waals surface area contributed by atoms with Crippen LogP contribution in [0, 0.1) is 11.3 Å². The van der Waals surface area contributed by atoms with Gasteiger partial charge in [-0.2, -0.15) is 5.26 Å². The van der Waals surface area contributed by atoms with Crippen molar-refractivity contribution in [1.82, 2.24) is 15.0 Å². The van der Waals surface area contributed by atoms with Crippen molar-refractivity contribution in [2.24, 2.45) is 0 Å². The van der Waals surface area contributed by atoms with Crippen molar-refractivity contribution in [2.45, 2.75) is 37.8 Å². The second kappa shape index (κ2) is 8.91. The summed E-state index contributed by atoms with van der Waals surface area (Å²) in [6.45, 7) is 0. The van der Waals surface area contributed by atoms with Gasteiger partial charge >= 0.3 is 0 Å². The van der Waals surface area contributed by atoms with Crippen molar-refractivity contribution in [2.75, 3.05) is 5.32 Å². The highest BCUT2D eigenvalue weighted by molar-refractivity contribution is 7.22. The summed E-state index contributed by atoms with van der Waals surface area (Å²) < 4.78 is 7.09. The number of ether oxygens (including phenoxy) is 1. The molecule has 2 N–H and O–H groups in total. The fourth-order valence-corrected chi connectivity index (χ4v) is 4.80. The monoisotopic (exact) mass is 443 g/mol. The summed E-state index contributed by atoms with van der Waals surface area (Å²) in [6, 6.07) is 15.0. The molecule has 2 atom stereocenters. The van der Waals surface area contributed by atoms with Crippen LogP contribution in [-0.2, 0) is 0 Å². The molecule has 5 rings (SSSR count). The number of benzene rings is 1. The third-order valence-electron chi connectivity index (χ3n) is 5.54. The highest BCUT2D eigenvalue weighted by atomic mass is 32.1. The Morgan fingerprint density at radius 3 is 2.75 bits per heavy atom. The van der Waals surface area contributed by atoms with Gasteiger partial charge in [-0.05, 0) is 43.2 Å². The molecule has 8 heteroatoms. The molecule has 160 valence electrons. The normalized spacial score (nSPS) is 18.2. The highest BCUT2D eigenvalue weighted by Crippen LogP contribution is 2.33. The molecule has 1 aliphatic carbocycles. The molecule has 32 heavy (non-hydrogen) atoms. The summed E-state index contributed by atoms with van der Waals surface area (Å²) in [6.07, 6.45) is 7.01. The van der Waals surface area contributed by atoms with Crippen LogP contribution >= 0.6 is 11.3 Å². The summed E-state index contributed by atoms with van der Waals surface area (Å²) in [4.78, 5) is 13.1. The molecule has 3 heterocycles. The molecular formula is C24H21N5O2S. The lowest BCUT2D eigenvalue weighted by molar-refractivity contribution is 0.116. The van der Waals surface area contributed by atoms with E-state index in [0.717, 1.165) is 52.3 Å². The lowest BCUT2D eigenvalue weighted by atomic mass is 9.93. The zero-order chi connectivity index (χ0) is 21.9. The van der Waals surface area contributed by atoms with E-state index in [-0.39, 0.29) is 12.1 Å². The van der Waals surface area contributed by atoms with E-state index >= 15 is 0 Å². The van der Waals surface area contributed by atoms with Crippen molar-refractivity contribution in [3.8, 4) is 28.8 Å². The summed E-state index contributed by atoms with van der Waals surface area (Å²) in [5.74, 6) is 1.37. The number of aliphatic hydroxyl groups excluding tert-OH is 1. The van der Waals surface area contributed by atoms with Gasteiger partial charge in [0, 0.05) is 30.1 Å². The first-order valence-corrected chi connectivity index (χ1v) is 11.4. The van der Waals surface area contributed by atoms with Crippen LogP contribution in [0.1, 0.15) is 31.4 Å². The van der Waals surface area contributed by atoms with Crippen molar-refractivity contribution in [3.63, 3.8) is 0 Å². The maximum Gasteiger partial charge on any atom is 0.184 e. The molecule has 3 aromatic heterocycles. The topological polar surface area (TPSA) is 104 Å². The Hall–Kier alpha value is -3.54. The number of aliphatic hydroxyl groups is 1. The van der Waals surface area contributed by atoms with E-state index in [1.165, 1.54) is 0 Å². The predicted octanol–water partition coefficient (Wildman–Crippen LogP) is 5.13. The molecule has 1 aliphatic rings. The first-order chi connectivity index (χ1) is 15.7. The zero-order valence-corrected chi connectivity index (χ0v) is 18.0. The summed E-state index contributed by atoms with van der Waals surface area (Å²) >= 11 is 1.56. The Morgan fingerprint density at radius 1 is 1.06 bits per heavy atom. The standard InChI is InChI=1S/C24H21N5O2S/c25-13-16-6-5-15(14-27-16)21-11-18(9-10-26-21)31-17-7-8-20-23(12-17)32-24(29-20)28-19-3-1-2-4-22(19)30/h5-12,14,19,22,30H,1-4H2,(H,28,29)/t19-,22-/m1/s1. The lowest BCUT2D eigenvalue weighted by Gasteiger charge is -2.27. The number of hydrogen-bond donors (Lipinski definition) is 2. The number of thiazole rings is 1. The molecular weight excluding hydrogens is 422 g/mol. The third-order valence-corrected chi connectivity index (χ3v) is 6.49. The Bertz CT molecular complexity index is 1280. The van der Waals surface area contributed by atoms with E-state index in [1.54, 1.807) is 35.9 Å². The van der Waals surface area contributed by atoms with Crippen LogP contribution in [0.2, 0.25) is 0 Å². The van der Waals surface area contributed by atoms with Gasteiger partial charge in [0.25, 0.3) is 0 Å². The number of nitrogens with one attached hydrogen (secondary N) is 1. The van der Waals surface area contributed by atoms with Crippen LogP contribution < -0.4 is 10.1 Å². The number of rotatable bonds is 5. The minimum Gasteiger partial charge on any atom is -0.457 e. The van der Waals surface area contributed by atoms with E-state index in [1.807, 2.05) is 36.4 Å². The maximum atomic E-state index is 10.2. The third kappa shape index (κ3) is 4.40. The van der Waals surface area contributed by atoms with Gasteiger partial charge < -0.3 is 15.2 Å². The number of anilines is 1. The Balaban J connectivity index is 1.33. The average Bonchev–Trinajstić information content (AvgIpc) is 3.22. The van der Waals surface area contributed by atoms with Crippen LogP contribution in [0.3, 0.4) is 0 Å². The van der Waals surface area contributed by atoms with Gasteiger partial charge in [0.15, 0.2) is 5.13 Å². The van der Waals surface area contributed by atoms with Gasteiger partial charge in [0.05, 0.1) is 28.1 Å². The van der Waals surface area contributed by atoms with Crippen LogP contribution in [0.5, 0.6) is 11.5 Å². The number of fused-ring (bicyclic) bond motifs is 1.